The van der Waals surface area contributed by atoms with E-state index in [1.807, 2.05) is 12.1 Å². The maximum Gasteiger partial charge on any atom is 0.208 e. The van der Waals surface area contributed by atoms with Crippen molar-refractivity contribution in [2.45, 2.75) is 0 Å². The number of rotatable bonds is 0. The third-order valence-corrected chi connectivity index (χ3v) is 0.852. The van der Waals surface area contributed by atoms with E-state index in [9.17, 15) is 0 Å². The Morgan fingerprint density at radius 1 is 1.50 bits per heavy atom. The van der Waals surface area contributed by atoms with Crippen molar-refractivity contribution in [1.29, 1.82) is 0 Å². The maximum absolute atomic E-state index is 8.57. The van der Waals surface area contributed by atoms with E-state index >= 15 is 0 Å². The van der Waals surface area contributed by atoms with Crippen LogP contribution in [0.5, 0.6) is 0 Å². The van der Waals surface area contributed by atoms with Crippen LogP contribution < -0.4 is 0 Å². The van der Waals surface area contributed by atoms with E-state index in [2.05, 4.69) is 16.6 Å². The van der Waals surface area contributed by atoms with Gasteiger partial charge in [-0.05, 0) is 23.7 Å². The van der Waals surface area contributed by atoms with E-state index in [0.717, 1.165) is 0 Å². The van der Waals surface area contributed by atoms with Crippen molar-refractivity contribution in [2.24, 2.45) is 0 Å². The highest BCUT2D eigenvalue weighted by molar-refractivity contribution is 6.54. The summed E-state index contributed by atoms with van der Waals surface area (Å²) >= 11 is 9.75. The van der Waals surface area contributed by atoms with Crippen molar-refractivity contribution in [2.75, 3.05) is 0 Å². The van der Waals surface area contributed by atoms with Gasteiger partial charge in [-0.3, -0.25) is 4.79 Å². The van der Waals surface area contributed by atoms with Crippen LogP contribution in [0, 0.1) is 0 Å². The van der Waals surface area contributed by atoms with Gasteiger partial charge < -0.3 is 0 Å². The summed E-state index contributed by atoms with van der Waals surface area (Å²) in [6, 6.07) is 5.41. The maximum atomic E-state index is 8.57. The predicted octanol–water partition coefficient (Wildman–Crippen LogP) is 2.15. The quantitative estimate of drug-likeness (QED) is 0.346. The number of pyridine rings is 1. The minimum Gasteiger partial charge on any atom is -0.285 e. The Morgan fingerprint density at radius 3 is 2.30 bits per heavy atom. The Labute approximate surface area is 68.8 Å². The molecule has 0 saturated carbocycles. The van der Waals surface area contributed by atoms with Crippen LogP contribution >= 0.6 is 23.2 Å². The first-order valence-electron chi connectivity index (χ1n) is 2.41. The molecule has 0 saturated heterocycles. The van der Waals surface area contributed by atoms with Gasteiger partial charge in [0.1, 0.15) is 5.15 Å². The Morgan fingerprint density at radius 2 is 2.10 bits per heavy atom. The number of aromatic nitrogens is 1. The fourth-order valence-electron chi connectivity index (χ4n) is 0.342. The minimum absolute atomic E-state index is 0.222. The van der Waals surface area contributed by atoms with Crippen LogP contribution in [-0.4, -0.2) is 10.7 Å². The molecule has 0 aliphatic rings. The molecule has 0 radical (unpaired) electrons. The molecule has 54 valence electrons. The van der Waals surface area contributed by atoms with Gasteiger partial charge in [-0.2, -0.15) is 0 Å². The second-order valence-electron chi connectivity index (χ2n) is 1.24. The lowest BCUT2D eigenvalue weighted by molar-refractivity contribution is 0.569. The van der Waals surface area contributed by atoms with Gasteiger partial charge in [0.05, 0.1) is 0 Å². The van der Waals surface area contributed by atoms with Crippen LogP contribution in [0.2, 0.25) is 5.15 Å². The van der Waals surface area contributed by atoms with Crippen LogP contribution in [0.1, 0.15) is 0 Å². The Hall–Kier alpha value is -0.600. The Bertz CT molecular complexity index is 178. The second-order valence-corrected chi connectivity index (χ2v) is 1.81. The normalized spacial score (nSPS) is 7.40. The van der Waals surface area contributed by atoms with Crippen LogP contribution in [0.25, 0.3) is 0 Å². The molecule has 10 heavy (non-hydrogen) atoms. The lowest BCUT2D eigenvalue weighted by Crippen LogP contribution is -1.65. The topological polar surface area (TPSA) is 30.0 Å². The summed E-state index contributed by atoms with van der Waals surface area (Å²) in [7, 11) is 0. The second kappa shape index (κ2) is 6.52. The molecule has 1 aromatic rings. The first kappa shape index (κ1) is 9.40. The van der Waals surface area contributed by atoms with E-state index < -0.39 is 0 Å². The highest BCUT2D eigenvalue weighted by atomic mass is 35.5. The van der Waals surface area contributed by atoms with Crippen LogP contribution in [0.3, 0.4) is 0 Å². The van der Waals surface area contributed by atoms with E-state index in [4.69, 9.17) is 16.4 Å². The third-order valence-electron chi connectivity index (χ3n) is 0.629. The fourth-order valence-corrected chi connectivity index (χ4v) is 0.471. The van der Waals surface area contributed by atoms with Crippen molar-refractivity contribution in [3.05, 3.63) is 29.5 Å². The molecule has 0 aliphatic carbocycles. The minimum atomic E-state index is 0.222. The van der Waals surface area contributed by atoms with Gasteiger partial charge in [-0.25, -0.2) is 4.98 Å². The van der Waals surface area contributed by atoms with Gasteiger partial charge in [0, 0.05) is 6.20 Å². The highest BCUT2D eigenvalue weighted by Gasteiger charge is 1.76. The Balaban J connectivity index is 0.000000236. The first-order chi connectivity index (χ1) is 4.81. The smallest absolute Gasteiger partial charge is 0.208 e. The molecular weight excluding hydrogens is 173 g/mol. The molecule has 0 aliphatic heterocycles. The summed E-state index contributed by atoms with van der Waals surface area (Å²) in [5.41, 5.74) is 0. The van der Waals surface area contributed by atoms with Crippen molar-refractivity contribution < 1.29 is 4.79 Å². The van der Waals surface area contributed by atoms with E-state index in [0.29, 0.717) is 5.15 Å². The fraction of sp³-hybridized carbons (Fsp3) is 0. The van der Waals surface area contributed by atoms with E-state index in [1.165, 1.54) is 0 Å². The lowest BCUT2D eigenvalue weighted by atomic mass is 10.5. The molecule has 0 N–H and O–H groups in total. The monoisotopic (exact) mass is 177 g/mol. The highest BCUT2D eigenvalue weighted by Crippen LogP contribution is 1.98. The van der Waals surface area contributed by atoms with Gasteiger partial charge in [0.15, 0.2) is 0 Å². The van der Waals surface area contributed by atoms with Crippen LogP contribution in [0.4, 0.5) is 0 Å². The number of hydrogen-bond donors (Lipinski definition) is 0. The lowest BCUT2D eigenvalue weighted by Gasteiger charge is -1.79. The zero-order valence-electron chi connectivity index (χ0n) is 5.00. The van der Waals surface area contributed by atoms with Crippen molar-refractivity contribution in [3.63, 3.8) is 0 Å². The molecule has 0 amide bonds. The van der Waals surface area contributed by atoms with Crippen LogP contribution in [0.15, 0.2) is 24.4 Å². The molecular formula is C6H5Cl2NO. The van der Waals surface area contributed by atoms with Gasteiger partial charge in [0.25, 0.3) is 0 Å². The van der Waals surface area contributed by atoms with Gasteiger partial charge in [-0.1, -0.05) is 17.7 Å². The number of carbonyl (C=O) groups is 1. The number of carbonyl (C=O) groups excluding carboxylic acids is 1. The SMILES string of the molecule is Clc1ccccn1.O=CCl. The molecule has 0 atom stereocenters. The predicted molar refractivity (Wildman–Crippen MR) is 41.9 cm³/mol. The number of nitrogens with zero attached hydrogens (tertiary/aromatic N) is 1. The molecule has 2 nitrogen and oxygen atoms in total. The number of hydrogen-bond acceptors (Lipinski definition) is 2. The molecule has 1 rings (SSSR count). The van der Waals surface area contributed by atoms with Gasteiger partial charge >= 0.3 is 0 Å². The van der Waals surface area contributed by atoms with Gasteiger partial charge in [0.2, 0.25) is 5.75 Å². The summed E-state index contributed by atoms with van der Waals surface area (Å²) in [6.45, 7) is 0. The van der Waals surface area contributed by atoms with Crippen molar-refractivity contribution in [3.8, 4) is 0 Å². The van der Waals surface area contributed by atoms with Crippen molar-refractivity contribution in [1.82, 2.24) is 4.98 Å². The molecule has 0 bridgehead atoms. The summed E-state index contributed by atoms with van der Waals surface area (Å²) < 4.78 is 0. The molecule has 1 heterocycles. The molecule has 1 aromatic heterocycles. The average Bonchev–Trinajstić information content (AvgIpc) is 1.91. The largest absolute Gasteiger partial charge is 0.285 e. The van der Waals surface area contributed by atoms with E-state index in [1.54, 1.807) is 12.3 Å². The molecule has 0 fully saturated rings. The first-order valence-corrected chi connectivity index (χ1v) is 3.23. The molecule has 4 heteroatoms. The van der Waals surface area contributed by atoms with Crippen molar-refractivity contribution >= 4 is 28.9 Å². The third kappa shape index (κ3) is 5.54. The zero-order valence-corrected chi connectivity index (χ0v) is 6.51. The van der Waals surface area contributed by atoms with Crippen LogP contribution in [-0.2, 0) is 4.79 Å². The summed E-state index contributed by atoms with van der Waals surface area (Å²) in [6.07, 6.45) is 1.66. The molecule has 0 aromatic carbocycles. The average molecular weight is 178 g/mol. The van der Waals surface area contributed by atoms with E-state index in [-0.39, 0.29) is 5.75 Å². The summed E-state index contributed by atoms with van der Waals surface area (Å²) in [5, 5.41) is 0.544. The summed E-state index contributed by atoms with van der Waals surface area (Å²) in [5.74, 6) is 0.222. The Kier molecular flexibility index (Phi) is 6.13. The van der Waals surface area contributed by atoms with Gasteiger partial charge in [-0.15, -0.1) is 0 Å². The molecule has 0 spiro atoms. The number of halogens is 2. The molecule has 0 unspecified atom stereocenters. The zero-order chi connectivity index (χ0) is 7.82. The standard InChI is InChI=1S/C5H4ClN.CHClO/c6-5-3-1-2-4-7-5;2-1-3/h1-4H;1H. The summed E-state index contributed by atoms with van der Waals surface area (Å²) in [4.78, 5) is 12.3.